The first-order valence-electron chi connectivity index (χ1n) is 21.6. The first-order chi connectivity index (χ1) is 33.6. The second kappa shape index (κ2) is 36.9. The summed E-state index contributed by atoms with van der Waals surface area (Å²) in [6.07, 6.45) is 3.45. The van der Waals surface area contributed by atoms with Crippen LogP contribution in [0.1, 0.15) is 72.6 Å². The lowest BCUT2D eigenvalue weighted by atomic mass is 10.1. The molecule has 2 atom stereocenters. The molecule has 2 fully saturated rings. The fourth-order valence-electron chi connectivity index (χ4n) is 6.74. The highest BCUT2D eigenvalue weighted by Crippen LogP contribution is 2.30. The number of carboxylic acids is 1. The van der Waals surface area contributed by atoms with Crippen molar-refractivity contribution in [2.24, 2.45) is 17.3 Å². The van der Waals surface area contributed by atoms with Crippen molar-refractivity contribution in [3.8, 4) is 45.0 Å². The number of aryl methyl sites for hydroxylation is 2. The van der Waals surface area contributed by atoms with Crippen molar-refractivity contribution >= 4 is 80.0 Å². The number of aliphatic carboxylic acids is 1. The number of hydrogen-bond acceptors (Lipinski definition) is 21. The molecule has 2 aliphatic heterocycles. The highest BCUT2D eigenvalue weighted by atomic mass is 32.2. The number of anilines is 2. The highest BCUT2D eigenvalue weighted by molar-refractivity contribution is 7.97. The molecule has 10 N–H and O–H groups in total. The van der Waals surface area contributed by atoms with Crippen molar-refractivity contribution in [3.63, 3.8) is 0 Å². The first-order valence-corrected chi connectivity index (χ1v) is 25.6. The van der Waals surface area contributed by atoms with E-state index in [0.29, 0.717) is 21.6 Å². The average Bonchev–Trinajstić information content (AvgIpc) is 4.27. The Morgan fingerprint density at radius 2 is 0.973 bits per heavy atom. The van der Waals surface area contributed by atoms with Gasteiger partial charge >= 0.3 is 5.97 Å². The number of benzene rings is 4. The van der Waals surface area contributed by atoms with E-state index in [1.807, 2.05) is 139 Å². The monoisotopic (exact) mass is 1110 g/mol. The molecule has 2 aliphatic rings. The van der Waals surface area contributed by atoms with Crippen LogP contribution >= 0.6 is 58.1 Å². The van der Waals surface area contributed by atoms with Gasteiger partial charge in [-0.2, -0.15) is 0 Å². The zero-order valence-corrected chi connectivity index (χ0v) is 42.3. The largest absolute Gasteiger partial charge is 0.480 e. The number of nitrogens with two attached hydrogens (primary N) is 4. The van der Waals surface area contributed by atoms with E-state index in [1.165, 1.54) is 74.9 Å². The van der Waals surface area contributed by atoms with E-state index in [2.05, 4.69) is 49.4 Å². The summed E-state index contributed by atoms with van der Waals surface area (Å²) in [5, 5.41) is 30.7. The zero-order valence-electron chi connectivity index (χ0n) is 38.2. The maximum atomic E-state index is 12.2. The third kappa shape index (κ3) is 20.4. The molecule has 0 unspecified atom stereocenters. The molecule has 10 rings (SSSR count). The lowest BCUT2D eigenvalue weighted by Crippen LogP contribution is -2.43. The van der Waals surface area contributed by atoms with E-state index >= 15 is 0 Å². The Morgan fingerprint density at radius 3 is 1.35 bits per heavy atom. The Hall–Kier alpha value is -5.99. The predicted octanol–water partition coefficient (Wildman–Crippen LogP) is 11.2. The van der Waals surface area contributed by atoms with Gasteiger partial charge in [-0.3, -0.25) is 15.4 Å². The molecular formula is C51H75N15O3S5. The van der Waals surface area contributed by atoms with E-state index in [4.69, 9.17) is 22.4 Å². The van der Waals surface area contributed by atoms with Crippen LogP contribution in [0.4, 0.5) is 10.0 Å². The Labute approximate surface area is 458 Å². The van der Waals surface area contributed by atoms with E-state index in [9.17, 15) is 9.59 Å². The van der Waals surface area contributed by atoms with Gasteiger partial charge in [0.25, 0.3) is 0 Å². The molecule has 4 aromatic carbocycles. The number of carboxylic acid groups (broad SMARTS) is 1. The van der Waals surface area contributed by atoms with Crippen LogP contribution in [-0.2, 0) is 9.59 Å². The second-order valence-electron chi connectivity index (χ2n) is 14.6. The summed E-state index contributed by atoms with van der Waals surface area (Å²) in [5.41, 5.74) is 23.2. The molecule has 23 heteroatoms. The van der Waals surface area contributed by atoms with Crippen LogP contribution in [0, 0.1) is 13.8 Å². The SMILES string of the molecule is C.C.C.C.C.CN.Cc1snnc1-c1ccccc1.Cc1snnc1-c1ccccc1.NCSN1CCC[C@H]1C(=O)O.NN1CCC[C@H]1C(=O)Nc1snnc1-c1ccccc1.Nc1snnc1-c1ccccc1. The van der Waals surface area contributed by atoms with Crippen molar-refractivity contribution in [1.29, 1.82) is 0 Å². The summed E-state index contributed by atoms with van der Waals surface area (Å²) in [7, 11) is 1.50. The fourth-order valence-corrected chi connectivity index (χ4v) is 9.60. The second-order valence-corrected chi connectivity index (χ2v) is 19.1. The number of rotatable bonds is 9. The lowest BCUT2D eigenvalue weighted by molar-refractivity contribution is -0.140. The van der Waals surface area contributed by atoms with Crippen molar-refractivity contribution in [1.82, 2.24) is 47.7 Å². The number of amides is 1. The van der Waals surface area contributed by atoms with E-state index < -0.39 is 5.97 Å². The molecule has 0 saturated carbocycles. The molecule has 8 aromatic rings. The van der Waals surface area contributed by atoms with Crippen LogP contribution in [0.15, 0.2) is 121 Å². The topological polar surface area (TPSA) is 280 Å². The minimum Gasteiger partial charge on any atom is -0.480 e. The Bertz CT molecular complexity index is 2510. The van der Waals surface area contributed by atoms with Crippen molar-refractivity contribution < 1.29 is 14.7 Å². The molecule has 402 valence electrons. The van der Waals surface area contributed by atoms with Gasteiger partial charge in [0, 0.05) is 58.4 Å². The molecule has 2 saturated heterocycles. The standard InChI is InChI=1S/C13H15N5OS.2C9H8N2S.C8H7N3S.C6H12N2O2S.CH5N.5CH4/c14-18-8-4-7-10(18)12(19)15-13-11(16-17-20-13)9-5-2-1-3-6-9;2*1-7-9(10-11-12-7)8-5-3-2-4-6-8;9-8-7(10-11-12-8)6-4-2-1-3-5-6;7-4-11-8-3-1-2-5(8)6(9)10;1-2;;;;;/h1-3,5-6,10H,4,7-8,14H2,(H,15,19);2*2-6H,1H3;1-5H,9H2;5H,1-4,7H2,(H,9,10);2H2,1H3;5*1H4/t10-;;;;5-;;;;;;/m0...0....../s1. The number of hydrazine groups is 1. The molecule has 1 amide bonds. The number of nitrogen functional groups attached to an aromatic ring is 1. The van der Waals surface area contributed by atoms with Crippen LogP contribution in [0.3, 0.4) is 0 Å². The van der Waals surface area contributed by atoms with Crippen LogP contribution in [-0.4, -0.2) is 103 Å². The number of aromatic nitrogens is 8. The average molecular weight is 1110 g/mol. The van der Waals surface area contributed by atoms with E-state index in [-0.39, 0.29) is 55.1 Å². The molecule has 18 nitrogen and oxygen atoms in total. The van der Waals surface area contributed by atoms with E-state index in [0.717, 1.165) is 78.1 Å². The lowest BCUT2D eigenvalue weighted by Gasteiger charge is -2.17. The van der Waals surface area contributed by atoms with Gasteiger partial charge in [-0.05, 0) is 69.6 Å². The summed E-state index contributed by atoms with van der Waals surface area (Å²) in [6.45, 7) is 5.67. The van der Waals surface area contributed by atoms with Crippen LogP contribution in [0.2, 0.25) is 0 Å². The molecule has 0 radical (unpaired) electrons. The summed E-state index contributed by atoms with van der Waals surface area (Å²) >= 11 is 6.68. The minimum atomic E-state index is -0.733. The van der Waals surface area contributed by atoms with Gasteiger partial charge in [0.2, 0.25) is 5.91 Å². The van der Waals surface area contributed by atoms with E-state index in [1.54, 1.807) is 5.01 Å². The number of nitrogens with zero attached hydrogens (tertiary/aromatic N) is 10. The quantitative estimate of drug-likeness (QED) is 0.0445. The number of hydrogen-bond donors (Lipinski definition) is 6. The molecule has 0 spiro atoms. The third-order valence-electron chi connectivity index (χ3n) is 10.1. The van der Waals surface area contributed by atoms with Gasteiger partial charge in [0.15, 0.2) is 0 Å². The molecule has 0 aliphatic carbocycles. The number of nitrogens with one attached hydrogen (secondary N) is 1. The highest BCUT2D eigenvalue weighted by Gasteiger charge is 2.31. The fraction of sp³-hybridized carbons (Fsp3) is 0.333. The van der Waals surface area contributed by atoms with Gasteiger partial charge in [-0.25, -0.2) is 9.31 Å². The van der Waals surface area contributed by atoms with Crippen molar-refractivity contribution in [2.45, 2.75) is 88.7 Å². The predicted molar refractivity (Wildman–Crippen MR) is 316 cm³/mol. The van der Waals surface area contributed by atoms with Gasteiger partial charge in [0.05, 0.1) is 15.6 Å². The van der Waals surface area contributed by atoms with Crippen LogP contribution in [0.5, 0.6) is 0 Å². The molecule has 4 aromatic heterocycles. The molecular weight excluding hydrogens is 1030 g/mol. The van der Waals surface area contributed by atoms with Gasteiger partial charge in [-0.15, -0.1) is 20.4 Å². The summed E-state index contributed by atoms with van der Waals surface area (Å²) in [6, 6.07) is 39.1. The molecule has 0 bridgehead atoms. The minimum absolute atomic E-state index is 0. The summed E-state index contributed by atoms with van der Waals surface area (Å²) in [4.78, 5) is 25.2. The maximum Gasteiger partial charge on any atom is 0.321 e. The Kier molecular flexibility index (Phi) is 33.9. The van der Waals surface area contributed by atoms with Gasteiger partial charge in [0.1, 0.15) is 44.9 Å². The third-order valence-corrected chi connectivity index (χ3v) is 13.4. The number of carbonyl (C=O) groups excluding carboxylic acids is 1. The van der Waals surface area contributed by atoms with Crippen molar-refractivity contribution in [3.05, 3.63) is 131 Å². The molecule has 74 heavy (non-hydrogen) atoms. The smallest absolute Gasteiger partial charge is 0.321 e. The summed E-state index contributed by atoms with van der Waals surface area (Å²) < 4.78 is 17.3. The first kappa shape index (κ1) is 68.0. The van der Waals surface area contributed by atoms with Gasteiger partial charge in [-0.1, -0.05) is 188 Å². The Morgan fingerprint density at radius 1 is 0.595 bits per heavy atom. The zero-order chi connectivity index (χ0) is 49.4. The maximum absolute atomic E-state index is 12.2. The van der Waals surface area contributed by atoms with Crippen LogP contribution in [0.25, 0.3) is 45.0 Å². The summed E-state index contributed by atoms with van der Waals surface area (Å²) in [5.74, 6) is 5.44. The Balaban J connectivity index is 0.000000894. The van der Waals surface area contributed by atoms with Crippen LogP contribution < -0.4 is 28.4 Å². The normalized spacial score (nSPS) is 14.0. The van der Waals surface area contributed by atoms with Gasteiger partial charge < -0.3 is 27.6 Å². The number of carbonyl (C=O) groups is 2. The van der Waals surface area contributed by atoms with Crippen molar-refractivity contribution in [2.75, 3.05) is 37.1 Å². The molecule has 6 heterocycles.